The number of anilines is 1. The number of phenols is 1. The van der Waals surface area contributed by atoms with Crippen LogP contribution >= 0.6 is 0 Å². The van der Waals surface area contributed by atoms with Crippen LogP contribution in [0.3, 0.4) is 0 Å². The summed E-state index contributed by atoms with van der Waals surface area (Å²) in [5.41, 5.74) is 1.53. The van der Waals surface area contributed by atoms with Gasteiger partial charge in [0.1, 0.15) is 5.75 Å². The summed E-state index contributed by atoms with van der Waals surface area (Å²) >= 11 is 0. The molecule has 5 heteroatoms. The molecule has 2 heterocycles. The number of nitrogens with zero attached hydrogens (tertiary/aromatic N) is 1. The minimum Gasteiger partial charge on any atom is -0.508 e. The molecule has 0 aromatic heterocycles. The van der Waals surface area contributed by atoms with E-state index in [0.29, 0.717) is 12.2 Å². The van der Waals surface area contributed by atoms with Crippen LogP contribution in [-0.2, 0) is 9.59 Å². The number of carbonyl (C=O) groups excluding carboxylic acids is 2. The van der Waals surface area contributed by atoms with E-state index < -0.39 is 5.92 Å². The van der Waals surface area contributed by atoms with Gasteiger partial charge in [0.05, 0.1) is 17.5 Å². The van der Waals surface area contributed by atoms with Gasteiger partial charge in [-0.1, -0.05) is 30.3 Å². The number of fused-ring (bicyclic) bond motifs is 1. The zero-order valence-electron chi connectivity index (χ0n) is 12.3. The van der Waals surface area contributed by atoms with Gasteiger partial charge in [-0.2, -0.15) is 0 Å². The molecular weight excluding hydrogens is 292 g/mol. The molecule has 2 aromatic rings. The number of carbonyl (C=O) groups is 2. The zero-order chi connectivity index (χ0) is 16.0. The molecule has 2 aromatic carbocycles. The molecule has 2 fully saturated rings. The maximum absolute atomic E-state index is 12.9. The third kappa shape index (κ3) is 2.12. The molecule has 23 heavy (non-hydrogen) atoms. The third-order valence-corrected chi connectivity index (χ3v) is 4.66. The first kappa shape index (κ1) is 14.0. The lowest BCUT2D eigenvalue weighted by atomic mass is 9.89. The topological polar surface area (TPSA) is 69.6 Å². The Labute approximate surface area is 133 Å². The lowest BCUT2D eigenvalue weighted by molar-refractivity contribution is -0.123. The third-order valence-electron chi connectivity index (χ3n) is 4.66. The van der Waals surface area contributed by atoms with Crippen LogP contribution in [0.4, 0.5) is 5.69 Å². The molecule has 2 amide bonds. The summed E-state index contributed by atoms with van der Waals surface area (Å²) in [5.74, 6) is -0.842. The van der Waals surface area contributed by atoms with E-state index >= 15 is 0 Å². The molecule has 0 bridgehead atoms. The summed E-state index contributed by atoms with van der Waals surface area (Å²) in [6.07, 6.45) is 0. The van der Waals surface area contributed by atoms with E-state index in [2.05, 4.69) is 5.32 Å². The quantitative estimate of drug-likeness (QED) is 0.831. The SMILES string of the molecule is O=C1C2CN[C@H](c3ccc(O)cc3)C2C(=O)N1c1ccccc1. The van der Waals surface area contributed by atoms with Gasteiger partial charge in [-0.15, -0.1) is 0 Å². The van der Waals surface area contributed by atoms with Crippen LogP contribution in [0.15, 0.2) is 54.6 Å². The van der Waals surface area contributed by atoms with Crippen molar-refractivity contribution in [1.29, 1.82) is 0 Å². The Morgan fingerprint density at radius 3 is 2.35 bits per heavy atom. The molecule has 2 saturated heterocycles. The number of imide groups is 1. The largest absolute Gasteiger partial charge is 0.508 e. The van der Waals surface area contributed by atoms with Gasteiger partial charge < -0.3 is 10.4 Å². The van der Waals surface area contributed by atoms with Gasteiger partial charge in [0.25, 0.3) is 0 Å². The Kier molecular flexibility index (Phi) is 3.16. The van der Waals surface area contributed by atoms with Crippen molar-refractivity contribution in [3.63, 3.8) is 0 Å². The van der Waals surface area contributed by atoms with Gasteiger partial charge in [0.15, 0.2) is 0 Å². The van der Waals surface area contributed by atoms with Crippen LogP contribution in [0, 0.1) is 11.8 Å². The first-order valence-electron chi connectivity index (χ1n) is 7.62. The standard InChI is InChI=1S/C18H16N2O3/c21-13-8-6-11(7-9-13)16-15-14(10-19-16)17(22)20(18(15)23)12-4-2-1-3-5-12/h1-9,14-16,19,21H,10H2/t14?,15?,16-/m1/s1. The highest BCUT2D eigenvalue weighted by atomic mass is 16.3. The summed E-state index contributed by atoms with van der Waals surface area (Å²) in [7, 11) is 0. The molecule has 116 valence electrons. The molecular formula is C18H16N2O3. The molecule has 2 aliphatic rings. The molecule has 2 N–H and O–H groups in total. The number of nitrogens with one attached hydrogen (secondary N) is 1. The number of phenolic OH excluding ortho intramolecular Hbond substituents is 1. The maximum atomic E-state index is 12.9. The van der Waals surface area contributed by atoms with Crippen molar-refractivity contribution < 1.29 is 14.7 Å². The Hall–Kier alpha value is -2.66. The summed E-state index contributed by atoms with van der Waals surface area (Å²) in [6, 6.07) is 15.6. The number of benzene rings is 2. The fourth-order valence-electron chi connectivity index (χ4n) is 3.56. The Bertz CT molecular complexity index is 758. The highest BCUT2D eigenvalue weighted by molar-refractivity contribution is 6.22. The number of para-hydroxylation sites is 1. The average molecular weight is 308 g/mol. The first-order chi connectivity index (χ1) is 11.2. The fraction of sp³-hybridized carbons (Fsp3) is 0.222. The van der Waals surface area contributed by atoms with Crippen molar-refractivity contribution in [1.82, 2.24) is 5.32 Å². The minimum absolute atomic E-state index is 0.139. The number of rotatable bonds is 2. The van der Waals surface area contributed by atoms with Gasteiger partial charge in [-0.3, -0.25) is 9.59 Å². The molecule has 2 unspecified atom stereocenters. The average Bonchev–Trinajstić information content (AvgIpc) is 3.10. The fourth-order valence-corrected chi connectivity index (χ4v) is 3.56. The molecule has 5 nitrogen and oxygen atoms in total. The number of aromatic hydroxyl groups is 1. The Morgan fingerprint density at radius 2 is 1.65 bits per heavy atom. The minimum atomic E-state index is -0.396. The predicted molar refractivity (Wildman–Crippen MR) is 84.8 cm³/mol. The maximum Gasteiger partial charge on any atom is 0.239 e. The van der Waals surface area contributed by atoms with Gasteiger partial charge in [-0.25, -0.2) is 4.90 Å². The second-order valence-corrected chi connectivity index (χ2v) is 5.96. The number of amides is 2. The smallest absolute Gasteiger partial charge is 0.239 e. The lowest BCUT2D eigenvalue weighted by Crippen LogP contribution is -2.35. The van der Waals surface area contributed by atoms with E-state index in [4.69, 9.17) is 0 Å². The van der Waals surface area contributed by atoms with E-state index in [0.717, 1.165) is 5.56 Å². The van der Waals surface area contributed by atoms with Crippen molar-refractivity contribution in [2.24, 2.45) is 11.8 Å². The van der Waals surface area contributed by atoms with Crippen LogP contribution in [-0.4, -0.2) is 23.5 Å². The normalized spacial score (nSPS) is 26.6. The van der Waals surface area contributed by atoms with Crippen LogP contribution in [0.5, 0.6) is 5.75 Å². The molecule has 4 rings (SSSR count). The lowest BCUT2D eigenvalue weighted by Gasteiger charge is -2.20. The summed E-state index contributed by atoms with van der Waals surface area (Å²) < 4.78 is 0. The molecule has 0 aliphatic carbocycles. The second-order valence-electron chi connectivity index (χ2n) is 5.96. The van der Waals surface area contributed by atoms with Crippen molar-refractivity contribution in [2.75, 3.05) is 11.4 Å². The summed E-state index contributed by atoms with van der Waals surface area (Å²) in [4.78, 5) is 26.8. The molecule has 0 saturated carbocycles. The van der Waals surface area contributed by atoms with Gasteiger partial charge in [0, 0.05) is 12.6 Å². The predicted octanol–water partition coefficient (Wildman–Crippen LogP) is 1.84. The van der Waals surface area contributed by atoms with E-state index in [1.807, 2.05) is 18.2 Å². The Morgan fingerprint density at radius 1 is 0.957 bits per heavy atom. The van der Waals surface area contributed by atoms with Crippen LogP contribution in [0.25, 0.3) is 0 Å². The molecule has 0 radical (unpaired) electrons. The van der Waals surface area contributed by atoms with E-state index in [-0.39, 0.29) is 29.5 Å². The van der Waals surface area contributed by atoms with E-state index in [1.165, 1.54) is 4.90 Å². The highest BCUT2D eigenvalue weighted by Gasteiger charge is 2.55. The van der Waals surface area contributed by atoms with Crippen LogP contribution in [0.2, 0.25) is 0 Å². The number of hydrogen-bond acceptors (Lipinski definition) is 4. The summed E-state index contributed by atoms with van der Waals surface area (Å²) in [5, 5.41) is 12.7. The second kappa shape index (κ2) is 5.21. The monoisotopic (exact) mass is 308 g/mol. The highest BCUT2D eigenvalue weighted by Crippen LogP contribution is 2.42. The summed E-state index contributed by atoms with van der Waals surface area (Å²) in [6.45, 7) is 0.490. The van der Waals surface area contributed by atoms with E-state index in [9.17, 15) is 14.7 Å². The van der Waals surface area contributed by atoms with Crippen molar-refractivity contribution >= 4 is 17.5 Å². The number of hydrogen-bond donors (Lipinski definition) is 2. The van der Waals surface area contributed by atoms with Crippen molar-refractivity contribution in [2.45, 2.75) is 6.04 Å². The molecule has 2 aliphatic heterocycles. The van der Waals surface area contributed by atoms with E-state index in [1.54, 1.807) is 36.4 Å². The van der Waals surface area contributed by atoms with Gasteiger partial charge >= 0.3 is 0 Å². The van der Waals surface area contributed by atoms with Crippen LogP contribution in [0.1, 0.15) is 11.6 Å². The van der Waals surface area contributed by atoms with Crippen LogP contribution < -0.4 is 10.2 Å². The Balaban J connectivity index is 1.68. The van der Waals surface area contributed by atoms with Crippen molar-refractivity contribution in [3.8, 4) is 5.75 Å². The van der Waals surface area contributed by atoms with Gasteiger partial charge in [-0.05, 0) is 29.8 Å². The molecule has 0 spiro atoms. The first-order valence-corrected chi connectivity index (χ1v) is 7.62. The molecule has 3 atom stereocenters. The zero-order valence-corrected chi connectivity index (χ0v) is 12.3. The van der Waals surface area contributed by atoms with Crippen molar-refractivity contribution in [3.05, 3.63) is 60.2 Å². The van der Waals surface area contributed by atoms with Gasteiger partial charge in [0.2, 0.25) is 11.8 Å².